The molecule has 1 saturated carbocycles. The maximum Gasteiger partial charge on any atom is 0.318 e. The zero-order valence-electron chi connectivity index (χ0n) is 13.2. The number of amides is 2. The molecule has 1 aliphatic rings. The maximum atomic E-state index is 12.5. The number of carbonyl (C=O) groups is 1. The summed E-state index contributed by atoms with van der Waals surface area (Å²) in [5.41, 5.74) is -0.889. The van der Waals surface area contributed by atoms with Crippen LogP contribution in [0.3, 0.4) is 0 Å². The van der Waals surface area contributed by atoms with Crippen LogP contribution in [0.1, 0.15) is 49.5 Å². The zero-order valence-corrected chi connectivity index (χ0v) is 14.0. The molecule has 1 unspecified atom stereocenters. The zero-order chi connectivity index (χ0) is 15.6. The van der Waals surface area contributed by atoms with Crippen LogP contribution in [0.4, 0.5) is 4.79 Å². The summed E-state index contributed by atoms with van der Waals surface area (Å²) in [4.78, 5) is 19.7. The molecule has 0 radical (unpaired) electrons. The number of likely N-dealkylation sites (N-methyl/N-ethyl adjacent to an activating group) is 1. The van der Waals surface area contributed by atoms with E-state index in [1.807, 2.05) is 20.0 Å². The van der Waals surface area contributed by atoms with E-state index in [1.54, 1.807) is 30.1 Å². The first kappa shape index (κ1) is 16.2. The molecule has 1 aliphatic carbocycles. The molecular formula is C15H25N3O2S. The summed E-state index contributed by atoms with van der Waals surface area (Å²) in [6, 6.07) is -0.114. The minimum absolute atomic E-state index is 0.00653. The van der Waals surface area contributed by atoms with Gasteiger partial charge in [-0.1, -0.05) is 0 Å². The van der Waals surface area contributed by atoms with E-state index in [0.717, 1.165) is 22.7 Å². The number of rotatable bonds is 6. The van der Waals surface area contributed by atoms with E-state index in [4.69, 9.17) is 0 Å². The van der Waals surface area contributed by atoms with Gasteiger partial charge in [-0.25, -0.2) is 9.78 Å². The van der Waals surface area contributed by atoms with Crippen LogP contribution in [0.25, 0.3) is 0 Å². The monoisotopic (exact) mass is 311 g/mol. The quantitative estimate of drug-likeness (QED) is 0.849. The highest BCUT2D eigenvalue weighted by Gasteiger charge is 2.36. The number of aromatic nitrogens is 1. The summed E-state index contributed by atoms with van der Waals surface area (Å²) in [7, 11) is 0. The molecular weight excluding hydrogens is 286 g/mol. The summed E-state index contributed by atoms with van der Waals surface area (Å²) in [5, 5.41) is 14.0. The van der Waals surface area contributed by atoms with Gasteiger partial charge in [0.2, 0.25) is 0 Å². The number of nitrogens with one attached hydrogen (secondary N) is 1. The molecule has 2 rings (SSSR count). The molecule has 0 spiro atoms. The summed E-state index contributed by atoms with van der Waals surface area (Å²) in [6.07, 6.45) is 4.14. The number of aliphatic hydroxyl groups is 1. The lowest BCUT2D eigenvalue weighted by molar-refractivity contribution is 0.0474. The van der Waals surface area contributed by atoms with E-state index < -0.39 is 5.60 Å². The normalized spacial score (nSPS) is 16.6. The highest BCUT2D eigenvalue weighted by Crippen LogP contribution is 2.42. The van der Waals surface area contributed by atoms with Gasteiger partial charge < -0.3 is 15.3 Å². The van der Waals surface area contributed by atoms with Gasteiger partial charge in [0, 0.05) is 17.6 Å². The molecule has 1 fully saturated rings. The fourth-order valence-corrected chi connectivity index (χ4v) is 3.26. The Bertz CT molecular complexity index is 491. The molecule has 21 heavy (non-hydrogen) atoms. The van der Waals surface area contributed by atoms with Crippen molar-refractivity contribution < 1.29 is 9.90 Å². The molecule has 0 saturated heterocycles. The Hall–Kier alpha value is -1.14. The van der Waals surface area contributed by atoms with Crippen LogP contribution in [-0.4, -0.2) is 39.7 Å². The predicted molar refractivity (Wildman–Crippen MR) is 84.4 cm³/mol. The van der Waals surface area contributed by atoms with Gasteiger partial charge in [-0.2, -0.15) is 0 Å². The molecule has 1 heterocycles. The highest BCUT2D eigenvalue weighted by atomic mass is 32.1. The highest BCUT2D eigenvalue weighted by molar-refractivity contribution is 7.11. The molecule has 6 heteroatoms. The summed E-state index contributed by atoms with van der Waals surface area (Å²) < 4.78 is 0. The summed E-state index contributed by atoms with van der Waals surface area (Å²) >= 11 is 1.64. The van der Waals surface area contributed by atoms with Crippen LogP contribution in [0.2, 0.25) is 0 Å². The number of nitrogens with zero attached hydrogens (tertiary/aromatic N) is 2. The van der Waals surface area contributed by atoms with Crippen LogP contribution in [0.5, 0.6) is 0 Å². The second-order valence-electron chi connectivity index (χ2n) is 6.40. The lowest BCUT2D eigenvalue weighted by Crippen LogP contribution is -2.47. The van der Waals surface area contributed by atoms with Crippen LogP contribution in [0.15, 0.2) is 6.20 Å². The van der Waals surface area contributed by atoms with E-state index in [-0.39, 0.29) is 12.1 Å². The van der Waals surface area contributed by atoms with Crippen molar-refractivity contribution in [3.63, 3.8) is 0 Å². The van der Waals surface area contributed by atoms with Crippen molar-refractivity contribution in [1.82, 2.24) is 15.2 Å². The van der Waals surface area contributed by atoms with Crippen molar-refractivity contribution in [2.24, 2.45) is 5.92 Å². The molecule has 1 aromatic heterocycles. The second kappa shape index (κ2) is 6.32. The van der Waals surface area contributed by atoms with Crippen molar-refractivity contribution >= 4 is 17.4 Å². The largest absolute Gasteiger partial charge is 0.389 e. The average Bonchev–Trinajstić information content (AvgIpc) is 3.14. The van der Waals surface area contributed by atoms with Gasteiger partial charge in [0.1, 0.15) is 5.01 Å². The summed E-state index contributed by atoms with van der Waals surface area (Å²) in [6.45, 7) is 8.27. The lowest BCUT2D eigenvalue weighted by atomic mass is 10.1. The Balaban J connectivity index is 2.04. The Labute approximate surface area is 130 Å². The Morgan fingerprint density at radius 3 is 2.71 bits per heavy atom. The molecule has 2 amide bonds. The van der Waals surface area contributed by atoms with Gasteiger partial charge >= 0.3 is 6.03 Å². The van der Waals surface area contributed by atoms with Crippen LogP contribution in [-0.2, 0) is 0 Å². The predicted octanol–water partition coefficient (Wildman–Crippen LogP) is 2.71. The van der Waals surface area contributed by atoms with Gasteiger partial charge in [0.05, 0.1) is 18.2 Å². The first-order valence-corrected chi connectivity index (χ1v) is 8.32. The first-order valence-electron chi connectivity index (χ1n) is 7.50. The van der Waals surface area contributed by atoms with Gasteiger partial charge in [0.15, 0.2) is 0 Å². The van der Waals surface area contributed by atoms with E-state index in [9.17, 15) is 9.90 Å². The van der Waals surface area contributed by atoms with Crippen molar-refractivity contribution in [3.05, 3.63) is 16.1 Å². The van der Waals surface area contributed by atoms with Crippen LogP contribution >= 0.6 is 11.3 Å². The second-order valence-corrected chi connectivity index (χ2v) is 7.67. The third-order valence-electron chi connectivity index (χ3n) is 3.52. The Morgan fingerprint density at radius 1 is 1.62 bits per heavy atom. The Morgan fingerprint density at radius 2 is 2.29 bits per heavy atom. The van der Waals surface area contributed by atoms with Crippen LogP contribution < -0.4 is 5.32 Å². The fourth-order valence-electron chi connectivity index (χ4n) is 2.35. The number of hydrogen-bond acceptors (Lipinski definition) is 4. The third kappa shape index (κ3) is 4.68. The van der Waals surface area contributed by atoms with E-state index >= 15 is 0 Å². The minimum atomic E-state index is -0.889. The third-order valence-corrected chi connectivity index (χ3v) is 4.52. The van der Waals surface area contributed by atoms with Gasteiger partial charge in [-0.3, -0.25) is 0 Å². The number of urea groups is 1. The smallest absolute Gasteiger partial charge is 0.318 e. The van der Waals surface area contributed by atoms with Gasteiger partial charge in [-0.15, -0.1) is 11.3 Å². The van der Waals surface area contributed by atoms with E-state index in [1.165, 1.54) is 0 Å². The van der Waals surface area contributed by atoms with E-state index in [2.05, 4.69) is 10.3 Å². The van der Waals surface area contributed by atoms with Gasteiger partial charge in [0.25, 0.3) is 0 Å². The van der Waals surface area contributed by atoms with Crippen LogP contribution in [0, 0.1) is 12.8 Å². The average molecular weight is 311 g/mol. The molecule has 5 nitrogen and oxygen atoms in total. The molecule has 0 bridgehead atoms. The number of hydrogen-bond donors (Lipinski definition) is 2. The molecule has 1 aromatic rings. The van der Waals surface area contributed by atoms with Crippen molar-refractivity contribution in [3.8, 4) is 0 Å². The number of aryl methyl sites for hydroxylation is 1. The molecule has 118 valence electrons. The lowest BCUT2D eigenvalue weighted by Gasteiger charge is -2.29. The minimum Gasteiger partial charge on any atom is -0.389 e. The molecule has 0 aromatic carbocycles. The Kier molecular flexibility index (Phi) is 4.88. The molecule has 0 aliphatic heterocycles. The first-order chi connectivity index (χ1) is 9.80. The molecule has 1 atom stereocenters. The SMILES string of the molecule is CCN(CC(C)(C)O)C(=O)NC(c1ncc(C)s1)C1CC1. The van der Waals surface area contributed by atoms with Crippen molar-refractivity contribution in [2.75, 3.05) is 13.1 Å². The molecule has 2 N–H and O–H groups in total. The standard InChI is InChI=1S/C15H25N3O2S/c1-5-18(9-15(3,4)20)14(19)17-12(11-6-7-11)13-16-8-10(2)21-13/h8,11-12,20H,5-7,9H2,1-4H3,(H,17,19). The summed E-state index contributed by atoms with van der Waals surface area (Å²) in [5.74, 6) is 0.500. The van der Waals surface area contributed by atoms with Crippen molar-refractivity contribution in [1.29, 1.82) is 0 Å². The topological polar surface area (TPSA) is 65.5 Å². The van der Waals surface area contributed by atoms with Gasteiger partial charge in [-0.05, 0) is 46.5 Å². The van der Waals surface area contributed by atoms with Crippen molar-refractivity contribution in [2.45, 2.75) is 52.2 Å². The number of thiazole rings is 1. The number of carbonyl (C=O) groups excluding carboxylic acids is 1. The van der Waals surface area contributed by atoms with E-state index in [0.29, 0.717) is 19.0 Å². The fraction of sp³-hybridized carbons (Fsp3) is 0.733. The maximum absolute atomic E-state index is 12.5.